The number of hydrogen-bond donors (Lipinski definition) is 4. The molecule has 2 heterocycles. The van der Waals surface area contributed by atoms with Gasteiger partial charge in [0.25, 0.3) is 10.0 Å². The summed E-state index contributed by atoms with van der Waals surface area (Å²) >= 11 is 6.50. The zero-order valence-corrected chi connectivity index (χ0v) is 19.6. The fraction of sp³-hybridized carbons (Fsp3) is 0.0870. The highest BCUT2D eigenvalue weighted by molar-refractivity contribution is 7.92. The lowest BCUT2D eigenvalue weighted by molar-refractivity contribution is 0.600. The number of rotatable bonds is 4. The molecule has 4 N–H and O–H groups in total. The molecule has 0 aliphatic rings. The summed E-state index contributed by atoms with van der Waals surface area (Å²) < 4.78 is 28.7. The average Bonchev–Trinajstić information content (AvgIpc) is 3.13. The zero-order valence-electron chi connectivity index (χ0n) is 18.0. The van der Waals surface area contributed by atoms with Gasteiger partial charge in [-0.15, -0.1) is 0 Å². The normalized spacial score (nSPS) is 11.9. The summed E-state index contributed by atoms with van der Waals surface area (Å²) in [6, 6.07) is 13.4. The molecule has 0 bridgehead atoms. The van der Waals surface area contributed by atoms with Crippen molar-refractivity contribution in [2.45, 2.75) is 18.7 Å². The van der Waals surface area contributed by atoms with Gasteiger partial charge >= 0.3 is 11.1 Å². The van der Waals surface area contributed by atoms with Gasteiger partial charge < -0.3 is 15.0 Å². The third kappa shape index (κ3) is 3.87. The largest absolute Gasteiger partial charge is 0.342 e. The van der Waals surface area contributed by atoms with E-state index < -0.39 is 21.1 Å². The van der Waals surface area contributed by atoms with Crippen LogP contribution in [0.1, 0.15) is 11.4 Å². The van der Waals surface area contributed by atoms with Crippen LogP contribution in [0.4, 0.5) is 5.69 Å². The molecular weight excluding hydrogens is 478 g/mol. The topological polar surface area (TPSA) is 141 Å². The Morgan fingerprint density at radius 1 is 0.853 bits per heavy atom. The monoisotopic (exact) mass is 495 g/mol. The van der Waals surface area contributed by atoms with E-state index in [9.17, 15) is 18.0 Å². The van der Waals surface area contributed by atoms with Crippen LogP contribution >= 0.6 is 11.6 Å². The molecule has 5 rings (SSSR count). The molecule has 0 amide bonds. The van der Waals surface area contributed by atoms with Gasteiger partial charge in [0, 0.05) is 5.56 Å². The number of aromatic amines is 3. The number of hydrogen-bond acceptors (Lipinski definition) is 5. The first-order valence-corrected chi connectivity index (χ1v) is 12.0. The van der Waals surface area contributed by atoms with E-state index >= 15 is 0 Å². The van der Waals surface area contributed by atoms with Crippen LogP contribution in [-0.4, -0.2) is 28.4 Å². The number of benzene rings is 3. The summed E-state index contributed by atoms with van der Waals surface area (Å²) in [5, 5.41) is 0.368. The van der Waals surface area contributed by atoms with Crippen LogP contribution in [-0.2, 0) is 10.0 Å². The Morgan fingerprint density at radius 3 is 2.26 bits per heavy atom. The molecule has 0 saturated carbocycles. The van der Waals surface area contributed by atoms with Crippen LogP contribution < -0.4 is 15.8 Å². The lowest BCUT2D eigenvalue weighted by Gasteiger charge is -2.13. The minimum atomic E-state index is -4.01. The van der Waals surface area contributed by atoms with Gasteiger partial charge in [-0.2, -0.15) is 0 Å². The second-order valence-corrected chi connectivity index (χ2v) is 9.98. The number of nitrogens with zero attached hydrogens (tertiary/aromatic N) is 1. The van der Waals surface area contributed by atoms with Gasteiger partial charge in [0.1, 0.15) is 5.82 Å². The summed E-state index contributed by atoms with van der Waals surface area (Å²) in [5.41, 5.74) is 2.86. The van der Waals surface area contributed by atoms with E-state index in [4.69, 9.17) is 11.6 Å². The molecule has 0 saturated heterocycles. The molecular formula is C23H18ClN5O4S. The van der Waals surface area contributed by atoms with Gasteiger partial charge in [-0.3, -0.25) is 14.3 Å². The van der Waals surface area contributed by atoms with Gasteiger partial charge in [0.15, 0.2) is 0 Å². The highest BCUT2D eigenvalue weighted by Crippen LogP contribution is 2.33. The standard InChI is InChI=1S/C23H18ClN5O4S/c1-11-7-18-20(28-23(31)22(30)27-18)10-21(11)34(32,33)29-14-4-5-15(16(24)9-14)13-3-6-17-19(8-13)26-12(2)25-17/h3-10,29H,1-2H3,(H,25,26)(H,27,30)(H,28,31). The van der Waals surface area contributed by atoms with Crippen molar-refractivity contribution in [1.82, 2.24) is 19.9 Å². The predicted molar refractivity (Wildman–Crippen MR) is 132 cm³/mol. The quantitative estimate of drug-likeness (QED) is 0.280. The Bertz CT molecular complexity index is 1840. The zero-order chi connectivity index (χ0) is 24.2. The number of anilines is 1. The molecule has 0 radical (unpaired) electrons. The van der Waals surface area contributed by atoms with Crippen molar-refractivity contribution in [3.8, 4) is 11.1 Å². The van der Waals surface area contributed by atoms with Crippen molar-refractivity contribution in [3.63, 3.8) is 0 Å². The van der Waals surface area contributed by atoms with Crippen LogP contribution in [0, 0.1) is 13.8 Å². The number of nitrogens with one attached hydrogen (secondary N) is 4. The van der Waals surface area contributed by atoms with Crippen molar-refractivity contribution in [1.29, 1.82) is 0 Å². The van der Waals surface area contributed by atoms with E-state index in [1.54, 1.807) is 19.1 Å². The highest BCUT2D eigenvalue weighted by atomic mass is 35.5. The maximum absolute atomic E-state index is 13.1. The molecule has 3 aromatic carbocycles. The van der Waals surface area contributed by atoms with Crippen molar-refractivity contribution in [2.75, 3.05) is 4.72 Å². The van der Waals surface area contributed by atoms with E-state index in [2.05, 4.69) is 24.7 Å². The number of sulfonamides is 1. The number of fused-ring (bicyclic) bond motifs is 2. The van der Waals surface area contributed by atoms with Gasteiger partial charge in [0.05, 0.1) is 37.7 Å². The molecule has 11 heteroatoms. The molecule has 34 heavy (non-hydrogen) atoms. The number of aryl methyl sites for hydroxylation is 2. The first-order valence-electron chi connectivity index (χ1n) is 10.2. The van der Waals surface area contributed by atoms with Crippen molar-refractivity contribution < 1.29 is 8.42 Å². The van der Waals surface area contributed by atoms with Gasteiger partial charge in [-0.1, -0.05) is 23.7 Å². The van der Waals surface area contributed by atoms with Crippen LogP contribution in [0.25, 0.3) is 33.2 Å². The molecule has 0 atom stereocenters. The molecule has 2 aromatic heterocycles. The highest BCUT2D eigenvalue weighted by Gasteiger charge is 2.19. The van der Waals surface area contributed by atoms with Crippen LogP contribution in [0.3, 0.4) is 0 Å². The number of halogens is 1. The summed E-state index contributed by atoms with van der Waals surface area (Å²) in [6.07, 6.45) is 0. The van der Waals surface area contributed by atoms with E-state index in [0.717, 1.165) is 28.0 Å². The minimum Gasteiger partial charge on any atom is -0.342 e. The second kappa shape index (κ2) is 7.86. The third-order valence-electron chi connectivity index (χ3n) is 5.44. The molecule has 0 aliphatic carbocycles. The van der Waals surface area contributed by atoms with Crippen molar-refractivity contribution in [3.05, 3.63) is 85.6 Å². The number of H-pyrrole nitrogens is 3. The van der Waals surface area contributed by atoms with Crippen molar-refractivity contribution in [2.24, 2.45) is 0 Å². The predicted octanol–water partition coefficient (Wildman–Crippen LogP) is 3.83. The first kappa shape index (κ1) is 21.9. The fourth-order valence-electron chi connectivity index (χ4n) is 3.87. The van der Waals surface area contributed by atoms with E-state index in [1.807, 2.05) is 25.1 Å². The molecule has 9 nitrogen and oxygen atoms in total. The number of aromatic nitrogens is 4. The molecule has 0 spiro atoms. The second-order valence-electron chi connectivity index (χ2n) is 7.93. The Balaban J connectivity index is 1.49. The summed E-state index contributed by atoms with van der Waals surface area (Å²) in [5.74, 6) is 0.808. The average molecular weight is 496 g/mol. The molecule has 0 unspecified atom stereocenters. The minimum absolute atomic E-state index is 0.0389. The van der Waals surface area contributed by atoms with E-state index in [-0.39, 0.29) is 16.1 Å². The summed E-state index contributed by atoms with van der Waals surface area (Å²) in [7, 11) is -4.01. The van der Waals surface area contributed by atoms with Crippen LogP contribution in [0.5, 0.6) is 0 Å². The van der Waals surface area contributed by atoms with E-state index in [1.165, 1.54) is 18.2 Å². The maximum atomic E-state index is 13.1. The lowest BCUT2D eigenvalue weighted by atomic mass is 10.0. The summed E-state index contributed by atoms with van der Waals surface area (Å²) in [6.45, 7) is 3.47. The molecule has 172 valence electrons. The third-order valence-corrected chi connectivity index (χ3v) is 7.28. The lowest BCUT2D eigenvalue weighted by Crippen LogP contribution is -2.29. The van der Waals surface area contributed by atoms with Gasteiger partial charge in [-0.05, 0) is 61.4 Å². The number of imidazole rings is 1. The van der Waals surface area contributed by atoms with Crippen LogP contribution in [0.15, 0.2) is 63.0 Å². The molecule has 5 aromatic rings. The fourth-order valence-corrected chi connectivity index (χ4v) is 5.46. The molecule has 0 fully saturated rings. The van der Waals surface area contributed by atoms with Crippen LogP contribution in [0.2, 0.25) is 5.02 Å². The Kier molecular flexibility index (Phi) is 5.07. The Morgan fingerprint density at radius 2 is 1.56 bits per heavy atom. The first-order chi connectivity index (χ1) is 16.1. The maximum Gasteiger partial charge on any atom is 0.314 e. The Hall–Kier alpha value is -3.89. The van der Waals surface area contributed by atoms with Crippen molar-refractivity contribution >= 4 is 49.4 Å². The smallest absolute Gasteiger partial charge is 0.314 e. The van der Waals surface area contributed by atoms with Gasteiger partial charge in [0.2, 0.25) is 0 Å². The molecule has 0 aliphatic heterocycles. The van der Waals surface area contributed by atoms with E-state index in [0.29, 0.717) is 16.1 Å². The Labute approximate surface area is 197 Å². The summed E-state index contributed by atoms with van der Waals surface area (Å²) in [4.78, 5) is 35.5. The SMILES string of the molecule is Cc1nc2ccc(-c3ccc(NS(=O)(=O)c4cc5[nH]c(=O)c(=O)[nH]c5cc4C)cc3Cl)cc2[nH]1. The van der Waals surface area contributed by atoms with Gasteiger partial charge in [-0.25, -0.2) is 13.4 Å².